The molecule has 0 bridgehead atoms. The second-order valence-corrected chi connectivity index (χ2v) is 15.1. The zero-order valence-corrected chi connectivity index (χ0v) is 23.8. The van der Waals surface area contributed by atoms with E-state index in [4.69, 9.17) is 0 Å². The third-order valence-electron chi connectivity index (χ3n) is 8.23. The molecule has 0 fully saturated rings. The van der Waals surface area contributed by atoms with Crippen LogP contribution in [-0.4, -0.2) is 22.5 Å². The minimum Gasteiger partial charge on any atom is -0.352 e. The first-order chi connectivity index (χ1) is 14.9. The SMILES string of the molecule is CC(C)(C)C1=C[C@H](C(C)(C)C)CC(N2C=CN([C@H]3C=C(C(C)(C)C)C[C@@H](C(C)(C)C)C3)C2)=C1. The van der Waals surface area contributed by atoms with Crippen molar-refractivity contribution in [1.82, 2.24) is 9.80 Å². The number of rotatable bonds is 2. The fraction of sp³-hybridized carbons (Fsp3) is 0.742. The Kier molecular flexibility index (Phi) is 6.86. The minimum atomic E-state index is 0.173. The highest BCUT2D eigenvalue weighted by Crippen LogP contribution is 2.45. The summed E-state index contributed by atoms with van der Waals surface area (Å²) in [6.45, 7) is 29.6. The Hall–Kier alpha value is -1.44. The van der Waals surface area contributed by atoms with E-state index in [0.717, 1.165) is 19.0 Å². The van der Waals surface area contributed by atoms with Gasteiger partial charge in [-0.3, -0.25) is 0 Å². The molecule has 186 valence electrons. The largest absolute Gasteiger partial charge is 0.352 e. The van der Waals surface area contributed by atoms with Crippen molar-refractivity contribution in [2.24, 2.45) is 33.5 Å². The molecule has 0 aromatic heterocycles. The number of allylic oxidation sites excluding steroid dienone is 5. The van der Waals surface area contributed by atoms with Crippen LogP contribution in [0.25, 0.3) is 0 Å². The quantitative estimate of drug-likeness (QED) is 0.386. The van der Waals surface area contributed by atoms with E-state index in [9.17, 15) is 0 Å². The highest BCUT2D eigenvalue weighted by molar-refractivity contribution is 5.35. The van der Waals surface area contributed by atoms with Gasteiger partial charge in [0.2, 0.25) is 0 Å². The molecule has 3 aliphatic rings. The van der Waals surface area contributed by atoms with Gasteiger partial charge in [-0.2, -0.15) is 0 Å². The molecule has 0 saturated heterocycles. The van der Waals surface area contributed by atoms with Crippen LogP contribution in [0.5, 0.6) is 0 Å². The topological polar surface area (TPSA) is 6.48 Å². The van der Waals surface area contributed by atoms with Gasteiger partial charge in [-0.1, -0.05) is 101 Å². The average Bonchev–Trinajstić information content (AvgIpc) is 3.15. The molecule has 0 spiro atoms. The second-order valence-electron chi connectivity index (χ2n) is 15.1. The van der Waals surface area contributed by atoms with Crippen LogP contribution in [0.2, 0.25) is 0 Å². The molecule has 2 aliphatic carbocycles. The summed E-state index contributed by atoms with van der Waals surface area (Å²) in [5, 5.41) is 0. The van der Waals surface area contributed by atoms with Crippen molar-refractivity contribution in [2.45, 2.75) is 108 Å². The molecule has 2 heteroatoms. The van der Waals surface area contributed by atoms with E-state index in [1.165, 1.54) is 24.1 Å². The summed E-state index contributed by atoms with van der Waals surface area (Å²) < 4.78 is 0. The summed E-state index contributed by atoms with van der Waals surface area (Å²) in [5.41, 5.74) is 5.61. The smallest absolute Gasteiger partial charge is 0.0944 e. The van der Waals surface area contributed by atoms with Gasteiger partial charge < -0.3 is 9.80 Å². The lowest BCUT2D eigenvalue weighted by atomic mass is 9.67. The van der Waals surface area contributed by atoms with Crippen molar-refractivity contribution in [3.05, 3.63) is 47.5 Å². The molecule has 2 nitrogen and oxygen atoms in total. The van der Waals surface area contributed by atoms with Crippen molar-refractivity contribution < 1.29 is 0 Å². The van der Waals surface area contributed by atoms with Crippen LogP contribution >= 0.6 is 0 Å². The third-order valence-corrected chi connectivity index (χ3v) is 8.23. The lowest BCUT2D eigenvalue weighted by Gasteiger charge is -2.43. The molecule has 0 aromatic rings. The van der Waals surface area contributed by atoms with E-state index in [-0.39, 0.29) is 16.2 Å². The van der Waals surface area contributed by atoms with Crippen LogP contribution in [0.3, 0.4) is 0 Å². The van der Waals surface area contributed by atoms with Crippen molar-refractivity contribution in [1.29, 1.82) is 0 Å². The minimum absolute atomic E-state index is 0.173. The molecular weight excluding hydrogens is 400 g/mol. The first kappa shape index (κ1) is 26.2. The Morgan fingerprint density at radius 2 is 1.36 bits per heavy atom. The number of nitrogens with zero attached hydrogens (tertiary/aromatic N) is 2. The predicted molar refractivity (Wildman–Crippen MR) is 144 cm³/mol. The molecule has 0 N–H and O–H groups in total. The molecule has 0 unspecified atom stereocenters. The summed E-state index contributed by atoms with van der Waals surface area (Å²) in [4.78, 5) is 5.11. The molecule has 3 rings (SSSR count). The first-order valence-corrected chi connectivity index (χ1v) is 13.2. The normalized spacial score (nSPS) is 27.5. The van der Waals surface area contributed by atoms with Gasteiger partial charge in [-0.05, 0) is 64.4 Å². The van der Waals surface area contributed by atoms with Gasteiger partial charge in [0.05, 0.1) is 6.67 Å². The molecule has 0 amide bonds. The number of hydrogen-bond donors (Lipinski definition) is 0. The maximum atomic E-state index is 2.60. The summed E-state index contributed by atoms with van der Waals surface area (Å²) in [6.07, 6.45) is 15.9. The lowest BCUT2D eigenvalue weighted by Crippen LogP contribution is -2.40. The third kappa shape index (κ3) is 6.17. The Balaban J connectivity index is 1.84. The highest BCUT2D eigenvalue weighted by Gasteiger charge is 2.37. The molecular formula is C31H52N2. The van der Waals surface area contributed by atoms with Gasteiger partial charge in [-0.15, -0.1) is 0 Å². The molecule has 0 aromatic carbocycles. The summed E-state index contributed by atoms with van der Waals surface area (Å²) >= 11 is 0. The number of hydrogen-bond acceptors (Lipinski definition) is 2. The van der Waals surface area contributed by atoms with Crippen LogP contribution in [0.4, 0.5) is 0 Å². The van der Waals surface area contributed by atoms with E-state index >= 15 is 0 Å². The Labute approximate surface area is 205 Å². The summed E-state index contributed by atoms with van der Waals surface area (Å²) in [7, 11) is 0. The van der Waals surface area contributed by atoms with E-state index in [1.54, 1.807) is 5.57 Å². The Morgan fingerprint density at radius 1 is 0.727 bits per heavy atom. The van der Waals surface area contributed by atoms with Crippen molar-refractivity contribution in [3.8, 4) is 0 Å². The molecule has 1 aliphatic heterocycles. The molecule has 1 heterocycles. The van der Waals surface area contributed by atoms with Crippen LogP contribution in [0, 0.1) is 33.5 Å². The van der Waals surface area contributed by atoms with Gasteiger partial charge >= 0.3 is 0 Å². The first-order valence-electron chi connectivity index (χ1n) is 13.2. The van der Waals surface area contributed by atoms with Crippen LogP contribution < -0.4 is 0 Å². The van der Waals surface area contributed by atoms with Crippen LogP contribution in [0.1, 0.15) is 102 Å². The second kappa shape index (κ2) is 8.65. The summed E-state index contributed by atoms with van der Waals surface area (Å²) in [5.74, 6) is 1.29. The maximum absolute atomic E-state index is 2.60. The van der Waals surface area contributed by atoms with Gasteiger partial charge in [0.25, 0.3) is 0 Å². The Bertz CT molecular complexity index is 839. The Morgan fingerprint density at radius 3 is 1.88 bits per heavy atom. The standard InChI is InChI=1S/C31H52N2/c1-28(2,3)22-15-23(29(4,5)6)18-26(17-22)32-13-14-33(21-32)27-19-24(30(7,8)9)16-25(20-27)31(10,11)12/h13-15,17,19,23,25,27H,16,18,20-21H2,1-12H3/t23-,25+,27-/m0/s1. The van der Waals surface area contributed by atoms with Crippen molar-refractivity contribution in [2.75, 3.05) is 6.67 Å². The fourth-order valence-corrected chi connectivity index (χ4v) is 5.30. The van der Waals surface area contributed by atoms with E-state index < -0.39 is 0 Å². The van der Waals surface area contributed by atoms with Crippen LogP contribution in [-0.2, 0) is 0 Å². The molecule has 3 atom stereocenters. The zero-order valence-electron chi connectivity index (χ0n) is 23.8. The van der Waals surface area contributed by atoms with Gasteiger partial charge in [0.15, 0.2) is 0 Å². The van der Waals surface area contributed by atoms with Gasteiger partial charge in [-0.25, -0.2) is 0 Å². The lowest BCUT2D eigenvalue weighted by molar-refractivity contribution is 0.147. The van der Waals surface area contributed by atoms with Gasteiger partial charge in [0, 0.05) is 24.1 Å². The molecule has 33 heavy (non-hydrogen) atoms. The fourth-order valence-electron chi connectivity index (χ4n) is 5.30. The van der Waals surface area contributed by atoms with E-state index in [1.807, 2.05) is 0 Å². The monoisotopic (exact) mass is 452 g/mol. The molecule has 0 saturated carbocycles. The predicted octanol–water partition coefficient (Wildman–Crippen LogP) is 8.75. The summed E-state index contributed by atoms with van der Waals surface area (Å²) in [6, 6.07) is 0.485. The van der Waals surface area contributed by atoms with Crippen molar-refractivity contribution >= 4 is 0 Å². The molecule has 0 radical (unpaired) electrons. The van der Waals surface area contributed by atoms with Crippen molar-refractivity contribution in [3.63, 3.8) is 0 Å². The zero-order chi connectivity index (χ0) is 25.0. The average molecular weight is 453 g/mol. The van der Waals surface area contributed by atoms with Crippen LogP contribution in [0.15, 0.2) is 47.5 Å². The van der Waals surface area contributed by atoms with E-state index in [0.29, 0.717) is 17.4 Å². The van der Waals surface area contributed by atoms with E-state index in [2.05, 4.69) is 124 Å². The van der Waals surface area contributed by atoms with Gasteiger partial charge in [0.1, 0.15) is 0 Å². The maximum Gasteiger partial charge on any atom is 0.0944 e. The highest BCUT2D eigenvalue weighted by atomic mass is 15.4.